The highest BCUT2D eigenvalue weighted by Crippen LogP contribution is 2.14. The molecule has 1 unspecified atom stereocenters. The largest absolute Gasteiger partial charge is 0.460 e. The standard InChI is InChI=1S/C12H20O2/c1-6-8-10(7-2)9-11(13)14-12(3,4)5/h2,10H,6,8-9H2,1,3-5H3. The summed E-state index contributed by atoms with van der Waals surface area (Å²) in [7, 11) is 0. The molecule has 0 N–H and O–H groups in total. The third kappa shape index (κ3) is 6.54. The monoisotopic (exact) mass is 196 g/mol. The molecule has 0 saturated heterocycles. The molecule has 0 heterocycles. The molecule has 0 saturated carbocycles. The molecule has 0 spiro atoms. The van der Waals surface area contributed by atoms with Crippen LogP contribution in [0.15, 0.2) is 0 Å². The number of carbonyl (C=O) groups is 1. The van der Waals surface area contributed by atoms with Crippen LogP contribution in [0.4, 0.5) is 0 Å². The zero-order chi connectivity index (χ0) is 11.2. The third-order valence-electron chi connectivity index (χ3n) is 1.71. The summed E-state index contributed by atoms with van der Waals surface area (Å²) in [4.78, 5) is 11.4. The average Bonchev–Trinajstić information content (AvgIpc) is 2.00. The first-order valence-corrected chi connectivity index (χ1v) is 5.07. The Hall–Kier alpha value is -0.970. The van der Waals surface area contributed by atoms with E-state index in [4.69, 9.17) is 11.2 Å². The predicted molar refractivity (Wildman–Crippen MR) is 57.7 cm³/mol. The van der Waals surface area contributed by atoms with E-state index in [1.807, 2.05) is 20.8 Å². The molecule has 80 valence electrons. The van der Waals surface area contributed by atoms with Crippen molar-refractivity contribution in [2.75, 3.05) is 0 Å². The van der Waals surface area contributed by atoms with Crippen LogP contribution in [0.5, 0.6) is 0 Å². The Balaban J connectivity index is 3.99. The van der Waals surface area contributed by atoms with Crippen molar-refractivity contribution in [2.24, 2.45) is 5.92 Å². The summed E-state index contributed by atoms with van der Waals surface area (Å²) in [6.07, 6.45) is 7.53. The van der Waals surface area contributed by atoms with E-state index in [0.717, 1.165) is 12.8 Å². The van der Waals surface area contributed by atoms with Gasteiger partial charge in [0.05, 0.1) is 6.42 Å². The molecule has 0 radical (unpaired) electrons. The maximum Gasteiger partial charge on any atom is 0.307 e. The van der Waals surface area contributed by atoms with Crippen LogP contribution in [0.1, 0.15) is 47.0 Å². The van der Waals surface area contributed by atoms with Crippen molar-refractivity contribution in [1.29, 1.82) is 0 Å². The van der Waals surface area contributed by atoms with Gasteiger partial charge in [0.25, 0.3) is 0 Å². The van der Waals surface area contributed by atoms with E-state index < -0.39 is 5.60 Å². The molecular weight excluding hydrogens is 176 g/mol. The first kappa shape index (κ1) is 13.0. The SMILES string of the molecule is C#CC(CCC)CC(=O)OC(C)(C)C. The number of carbonyl (C=O) groups excluding carboxylic acids is 1. The van der Waals surface area contributed by atoms with E-state index >= 15 is 0 Å². The summed E-state index contributed by atoms with van der Waals surface area (Å²) in [6, 6.07) is 0. The molecule has 0 fully saturated rings. The molecule has 0 aromatic rings. The fourth-order valence-electron chi connectivity index (χ4n) is 1.18. The van der Waals surface area contributed by atoms with E-state index in [-0.39, 0.29) is 11.9 Å². The van der Waals surface area contributed by atoms with Crippen molar-refractivity contribution >= 4 is 5.97 Å². The Morgan fingerprint density at radius 1 is 1.50 bits per heavy atom. The summed E-state index contributed by atoms with van der Waals surface area (Å²) < 4.78 is 5.18. The smallest absolute Gasteiger partial charge is 0.307 e. The van der Waals surface area contributed by atoms with Gasteiger partial charge >= 0.3 is 5.97 Å². The first-order chi connectivity index (χ1) is 6.39. The van der Waals surface area contributed by atoms with E-state index in [1.165, 1.54) is 0 Å². The number of ether oxygens (including phenoxy) is 1. The fraction of sp³-hybridized carbons (Fsp3) is 0.750. The van der Waals surface area contributed by atoms with Gasteiger partial charge in [-0.25, -0.2) is 0 Å². The Kier molecular flexibility index (Phi) is 5.30. The molecule has 0 aromatic carbocycles. The van der Waals surface area contributed by atoms with E-state index in [1.54, 1.807) is 0 Å². The first-order valence-electron chi connectivity index (χ1n) is 5.07. The summed E-state index contributed by atoms with van der Waals surface area (Å²) in [5.41, 5.74) is -0.414. The van der Waals surface area contributed by atoms with Crippen LogP contribution in [0.25, 0.3) is 0 Å². The number of rotatable bonds is 4. The zero-order valence-electron chi connectivity index (χ0n) is 9.59. The number of hydrogen-bond acceptors (Lipinski definition) is 2. The zero-order valence-corrected chi connectivity index (χ0v) is 9.59. The number of terminal acetylenes is 1. The third-order valence-corrected chi connectivity index (χ3v) is 1.71. The molecular formula is C12H20O2. The Bertz CT molecular complexity index is 217. The Morgan fingerprint density at radius 3 is 2.43 bits per heavy atom. The maximum absolute atomic E-state index is 11.4. The minimum atomic E-state index is -0.414. The predicted octanol–water partition coefficient (Wildman–Crippen LogP) is 2.77. The van der Waals surface area contributed by atoms with Gasteiger partial charge in [0, 0.05) is 5.92 Å². The van der Waals surface area contributed by atoms with Crippen molar-refractivity contribution in [2.45, 2.75) is 52.6 Å². The Morgan fingerprint density at radius 2 is 2.07 bits per heavy atom. The lowest BCUT2D eigenvalue weighted by molar-refractivity contribution is -0.155. The summed E-state index contributed by atoms with van der Waals surface area (Å²) >= 11 is 0. The lowest BCUT2D eigenvalue weighted by Crippen LogP contribution is -2.25. The molecule has 0 aliphatic heterocycles. The van der Waals surface area contributed by atoms with Gasteiger partial charge < -0.3 is 4.74 Å². The van der Waals surface area contributed by atoms with Crippen LogP contribution in [-0.2, 0) is 9.53 Å². The molecule has 0 aliphatic rings. The minimum Gasteiger partial charge on any atom is -0.460 e. The summed E-state index contributed by atoms with van der Waals surface area (Å²) in [5.74, 6) is 2.44. The van der Waals surface area contributed by atoms with Crippen molar-refractivity contribution in [3.05, 3.63) is 0 Å². The van der Waals surface area contributed by atoms with Crippen LogP contribution in [0, 0.1) is 18.3 Å². The van der Waals surface area contributed by atoms with E-state index in [0.29, 0.717) is 6.42 Å². The summed E-state index contributed by atoms with van der Waals surface area (Å²) in [6.45, 7) is 7.63. The van der Waals surface area contributed by atoms with Crippen LogP contribution >= 0.6 is 0 Å². The second-order valence-electron chi connectivity index (χ2n) is 4.44. The van der Waals surface area contributed by atoms with E-state index in [2.05, 4.69) is 12.8 Å². The Labute approximate surface area is 87.0 Å². The molecule has 1 atom stereocenters. The molecule has 0 rings (SSSR count). The highest BCUT2D eigenvalue weighted by Gasteiger charge is 2.18. The molecule has 0 bridgehead atoms. The molecule has 0 aliphatic carbocycles. The van der Waals surface area contributed by atoms with Crippen LogP contribution in [-0.4, -0.2) is 11.6 Å². The molecule has 0 aromatic heterocycles. The topological polar surface area (TPSA) is 26.3 Å². The quantitative estimate of drug-likeness (QED) is 0.510. The molecule has 14 heavy (non-hydrogen) atoms. The van der Waals surface area contributed by atoms with Gasteiger partial charge in [0.2, 0.25) is 0 Å². The lowest BCUT2D eigenvalue weighted by atomic mass is 10.0. The van der Waals surface area contributed by atoms with Gasteiger partial charge in [-0.3, -0.25) is 4.79 Å². The van der Waals surface area contributed by atoms with Crippen LogP contribution in [0.2, 0.25) is 0 Å². The normalized spacial score (nSPS) is 13.1. The highest BCUT2D eigenvalue weighted by atomic mass is 16.6. The van der Waals surface area contributed by atoms with Crippen molar-refractivity contribution < 1.29 is 9.53 Å². The average molecular weight is 196 g/mol. The number of esters is 1. The van der Waals surface area contributed by atoms with Gasteiger partial charge in [0.15, 0.2) is 0 Å². The minimum absolute atomic E-state index is 0.0230. The van der Waals surface area contributed by atoms with Crippen molar-refractivity contribution in [3.8, 4) is 12.3 Å². The van der Waals surface area contributed by atoms with E-state index in [9.17, 15) is 4.79 Å². The van der Waals surface area contributed by atoms with Gasteiger partial charge in [-0.15, -0.1) is 12.3 Å². The van der Waals surface area contributed by atoms with Crippen LogP contribution in [0.3, 0.4) is 0 Å². The van der Waals surface area contributed by atoms with Crippen LogP contribution < -0.4 is 0 Å². The van der Waals surface area contributed by atoms with Gasteiger partial charge in [0.1, 0.15) is 5.60 Å². The number of hydrogen-bond donors (Lipinski definition) is 0. The molecule has 2 nitrogen and oxygen atoms in total. The van der Waals surface area contributed by atoms with Gasteiger partial charge in [-0.2, -0.15) is 0 Å². The van der Waals surface area contributed by atoms with Crippen molar-refractivity contribution in [1.82, 2.24) is 0 Å². The van der Waals surface area contributed by atoms with Gasteiger partial charge in [-0.05, 0) is 27.2 Å². The fourth-order valence-corrected chi connectivity index (χ4v) is 1.18. The maximum atomic E-state index is 11.4. The van der Waals surface area contributed by atoms with Crippen molar-refractivity contribution in [3.63, 3.8) is 0 Å². The summed E-state index contributed by atoms with van der Waals surface area (Å²) in [5, 5.41) is 0. The highest BCUT2D eigenvalue weighted by molar-refractivity contribution is 5.70. The second kappa shape index (κ2) is 5.70. The molecule has 0 amide bonds. The second-order valence-corrected chi connectivity index (χ2v) is 4.44. The van der Waals surface area contributed by atoms with Gasteiger partial charge in [-0.1, -0.05) is 13.3 Å². The lowest BCUT2D eigenvalue weighted by Gasteiger charge is -2.20. The molecule has 2 heteroatoms.